The van der Waals surface area contributed by atoms with Gasteiger partial charge in [0, 0.05) is 29.8 Å². The lowest BCUT2D eigenvalue weighted by Gasteiger charge is -2.21. The van der Waals surface area contributed by atoms with Crippen molar-refractivity contribution in [1.29, 1.82) is 0 Å². The first-order valence-electron chi connectivity index (χ1n) is 6.04. The molecule has 0 aromatic carbocycles. The summed E-state index contributed by atoms with van der Waals surface area (Å²) in [6.45, 7) is 1.82. The predicted molar refractivity (Wildman–Crippen MR) is 69.1 cm³/mol. The zero-order valence-corrected chi connectivity index (χ0v) is 11.1. The minimum atomic E-state index is -4.41. The van der Waals surface area contributed by atoms with E-state index in [1.54, 1.807) is 25.4 Å². The van der Waals surface area contributed by atoms with Gasteiger partial charge in [-0.3, -0.25) is 9.97 Å². The number of halogens is 3. The number of hydrogen-bond donors (Lipinski definition) is 1. The average molecular weight is 281 g/mol. The van der Waals surface area contributed by atoms with Crippen LogP contribution in [0.2, 0.25) is 0 Å². The van der Waals surface area contributed by atoms with Crippen molar-refractivity contribution in [1.82, 2.24) is 15.3 Å². The van der Waals surface area contributed by atoms with Crippen LogP contribution < -0.4 is 5.32 Å². The summed E-state index contributed by atoms with van der Waals surface area (Å²) in [4.78, 5) is 7.93. The van der Waals surface area contributed by atoms with Crippen molar-refractivity contribution in [3.8, 4) is 0 Å². The zero-order chi connectivity index (χ0) is 14.8. The quantitative estimate of drug-likeness (QED) is 0.939. The van der Waals surface area contributed by atoms with Crippen LogP contribution in [0.5, 0.6) is 0 Å². The molecule has 0 saturated carbocycles. The van der Waals surface area contributed by atoms with E-state index in [4.69, 9.17) is 0 Å². The molecular formula is C14H14F3N3. The normalized spacial score (nSPS) is 13.2. The highest BCUT2D eigenvalue weighted by Gasteiger charge is 2.35. The Morgan fingerprint density at radius 2 is 1.90 bits per heavy atom. The highest BCUT2D eigenvalue weighted by Crippen LogP contribution is 2.35. The molecule has 0 spiro atoms. The summed E-state index contributed by atoms with van der Waals surface area (Å²) in [5.74, 6) is 0. The lowest BCUT2D eigenvalue weighted by atomic mass is 9.97. The fourth-order valence-corrected chi connectivity index (χ4v) is 2.05. The van der Waals surface area contributed by atoms with Gasteiger partial charge in [0.2, 0.25) is 0 Å². The molecule has 2 aromatic rings. The number of nitrogens with zero attached hydrogens (tertiary/aromatic N) is 2. The molecule has 0 bridgehead atoms. The van der Waals surface area contributed by atoms with E-state index in [0.29, 0.717) is 5.56 Å². The van der Waals surface area contributed by atoms with Gasteiger partial charge in [-0.15, -0.1) is 0 Å². The van der Waals surface area contributed by atoms with Crippen LogP contribution >= 0.6 is 0 Å². The maximum absolute atomic E-state index is 13.1. The summed E-state index contributed by atoms with van der Waals surface area (Å²) in [5, 5.41) is 2.89. The van der Waals surface area contributed by atoms with Gasteiger partial charge < -0.3 is 5.32 Å². The van der Waals surface area contributed by atoms with E-state index in [-0.39, 0.29) is 5.56 Å². The molecule has 0 amide bonds. The fraction of sp³-hybridized carbons (Fsp3) is 0.286. The summed E-state index contributed by atoms with van der Waals surface area (Å²) in [6.07, 6.45) is -0.453. The van der Waals surface area contributed by atoms with Crippen LogP contribution in [0.4, 0.5) is 13.2 Å². The molecule has 2 heterocycles. The smallest absolute Gasteiger partial charge is 0.309 e. The third kappa shape index (κ3) is 2.96. The first-order chi connectivity index (χ1) is 9.43. The Bertz CT molecular complexity index is 579. The van der Waals surface area contributed by atoms with Gasteiger partial charge in [-0.1, -0.05) is 6.07 Å². The van der Waals surface area contributed by atoms with Crippen molar-refractivity contribution < 1.29 is 13.2 Å². The number of rotatable bonds is 3. The Balaban J connectivity index is 2.50. The van der Waals surface area contributed by atoms with E-state index in [1.165, 1.54) is 6.20 Å². The second-order valence-electron chi connectivity index (χ2n) is 4.42. The topological polar surface area (TPSA) is 37.8 Å². The molecule has 0 fully saturated rings. The minimum absolute atomic E-state index is 0.0909. The molecule has 2 aromatic heterocycles. The van der Waals surface area contributed by atoms with Gasteiger partial charge in [0.05, 0.1) is 11.6 Å². The molecule has 2 rings (SSSR count). The van der Waals surface area contributed by atoms with Gasteiger partial charge in [-0.25, -0.2) is 0 Å². The highest BCUT2D eigenvalue weighted by atomic mass is 19.4. The first kappa shape index (κ1) is 14.5. The van der Waals surface area contributed by atoms with Crippen molar-refractivity contribution in [2.75, 3.05) is 7.05 Å². The lowest BCUT2D eigenvalue weighted by molar-refractivity contribution is -0.138. The SMILES string of the molecule is CNC(c1ccc(C)nc1)c1cnccc1C(F)(F)F. The molecule has 3 nitrogen and oxygen atoms in total. The van der Waals surface area contributed by atoms with Crippen LogP contribution in [0.3, 0.4) is 0 Å². The van der Waals surface area contributed by atoms with E-state index in [0.717, 1.165) is 18.0 Å². The maximum Gasteiger partial charge on any atom is 0.416 e. The molecule has 1 N–H and O–H groups in total. The standard InChI is InChI=1S/C14H14F3N3/c1-9-3-4-10(7-20-9)13(18-2)11-8-19-6-5-12(11)14(15,16)17/h3-8,13,18H,1-2H3. The van der Waals surface area contributed by atoms with E-state index in [2.05, 4.69) is 15.3 Å². The van der Waals surface area contributed by atoms with E-state index >= 15 is 0 Å². The van der Waals surface area contributed by atoms with Crippen LogP contribution in [0.15, 0.2) is 36.8 Å². The van der Waals surface area contributed by atoms with E-state index < -0.39 is 17.8 Å². The number of hydrogen-bond acceptors (Lipinski definition) is 3. The third-order valence-electron chi connectivity index (χ3n) is 3.02. The first-order valence-corrected chi connectivity index (χ1v) is 6.04. The van der Waals surface area contributed by atoms with Gasteiger partial charge in [0.25, 0.3) is 0 Å². The predicted octanol–water partition coefficient (Wildman–Crippen LogP) is 3.11. The fourth-order valence-electron chi connectivity index (χ4n) is 2.05. The van der Waals surface area contributed by atoms with Gasteiger partial charge in [0.1, 0.15) is 0 Å². The lowest BCUT2D eigenvalue weighted by Crippen LogP contribution is -2.22. The van der Waals surface area contributed by atoms with Crippen molar-refractivity contribution in [2.45, 2.75) is 19.1 Å². The second kappa shape index (κ2) is 5.58. The maximum atomic E-state index is 13.1. The molecule has 6 heteroatoms. The summed E-state index contributed by atoms with van der Waals surface area (Å²) in [6, 6.07) is 3.91. The third-order valence-corrected chi connectivity index (χ3v) is 3.02. The summed E-state index contributed by atoms with van der Waals surface area (Å²) in [7, 11) is 1.61. The minimum Gasteiger partial charge on any atom is -0.309 e. The van der Waals surface area contributed by atoms with Crippen molar-refractivity contribution in [3.05, 3.63) is 59.2 Å². The largest absolute Gasteiger partial charge is 0.416 e. The molecule has 0 aliphatic rings. The Morgan fingerprint density at radius 1 is 1.15 bits per heavy atom. The second-order valence-corrected chi connectivity index (χ2v) is 4.42. The highest BCUT2D eigenvalue weighted by molar-refractivity contribution is 5.36. The van der Waals surface area contributed by atoms with Crippen molar-refractivity contribution >= 4 is 0 Å². The van der Waals surface area contributed by atoms with Crippen LogP contribution in [-0.2, 0) is 6.18 Å². The number of aryl methyl sites for hydroxylation is 1. The van der Waals surface area contributed by atoms with E-state index in [1.807, 2.05) is 6.92 Å². The van der Waals surface area contributed by atoms with Crippen LogP contribution in [-0.4, -0.2) is 17.0 Å². The summed E-state index contributed by atoms with van der Waals surface area (Å²) < 4.78 is 39.2. The molecule has 106 valence electrons. The van der Waals surface area contributed by atoms with Crippen molar-refractivity contribution in [2.24, 2.45) is 0 Å². The average Bonchev–Trinajstić information content (AvgIpc) is 2.41. The molecule has 0 aliphatic heterocycles. The molecular weight excluding hydrogens is 267 g/mol. The van der Waals surface area contributed by atoms with Crippen molar-refractivity contribution in [3.63, 3.8) is 0 Å². The van der Waals surface area contributed by atoms with E-state index in [9.17, 15) is 13.2 Å². The van der Waals surface area contributed by atoms with Gasteiger partial charge in [0.15, 0.2) is 0 Å². The molecule has 1 unspecified atom stereocenters. The molecule has 0 saturated heterocycles. The Morgan fingerprint density at radius 3 is 2.45 bits per heavy atom. The molecule has 1 atom stereocenters. The molecule has 0 radical (unpaired) electrons. The van der Waals surface area contributed by atoms with Gasteiger partial charge >= 0.3 is 6.18 Å². The Labute approximate surface area is 114 Å². The summed E-state index contributed by atoms with van der Waals surface area (Å²) in [5.41, 5.74) is 0.878. The summed E-state index contributed by atoms with van der Waals surface area (Å²) >= 11 is 0. The number of pyridine rings is 2. The number of alkyl halides is 3. The Kier molecular flexibility index (Phi) is 4.04. The van der Waals surface area contributed by atoms with Gasteiger partial charge in [-0.2, -0.15) is 13.2 Å². The zero-order valence-electron chi connectivity index (χ0n) is 11.1. The number of nitrogens with one attached hydrogen (secondary N) is 1. The van der Waals surface area contributed by atoms with Crippen LogP contribution in [0.1, 0.15) is 28.4 Å². The Hall–Kier alpha value is -1.95. The van der Waals surface area contributed by atoms with Gasteiger partial charge in [-0.05, 0) is 31.7 Å². The number of aromatic nitrogens is 2. The van der Waals surface area contributed by atoms with Crippen LogP contribution in [0, 0.1) is 6.92 Å². The molecule has 0 aliphatic carbocycles. The van der Waals surface area contributed by atoms with Crippen LogP contribution in [0.25, 0.3) is 0 Å². The molecule has 20 heavy (non-hydrogen) atoms. The monoisotopic (exact) mass is 281 g/mol.